The van der Waals surface area contributed by atoms with Gasteiger partial charge in [-0.3, -0.25) is 4.79 Å². The first-order chi connectivity index (χ1) is 7.73. The predicted octanol–water partition coefficient (Wildman–Crippen LogP) is -1.62. The third kappa shape index (κ3) is 6.36. The fourth-order valence-electron chi connectivity index (χ4n) is 1.15. The van der Waals surface area contributed by atoms with Crippen molar-refractivity contribution in [2.24, 2.45) is 5.73 Å². The lowest BCUT2D eigenvalue weighted by atomic mass is 10.2. The first-order valence-electron chi connectivity index (χ1n) is 5.00. The van der Waals surface area contributed by atoms with Crippen LogP contribution in [0.5, 0.6) is 0 Å². The second kappa shape index (κ2) is 6.69. The van der Waals surface area contributed by atoms with Crippen LogP contribution < -0.4 is 16.4 Å². The summed E-state index contributed by atoms with van der Waals surface area (Å²) in [6.07, 6.45) is -1.29. The summed E-state index contributed by atoms with van der Waals surface area (Å²) in [6, 6.07) is -2.71. The Morgan fingerprint density at radius 2 is 1.76 bits per heavy atom. The topological polar surface area (TPSA) is 142 Å². The molecule has 0 bridgehead atoms. The molecule has 1 unspecified atom stereocenters. The Bertz CT molecular complexity index is 305. The fraction of sp³-hybridized carbons (Fsp3) is 0.667. The number of carboxylic acid groups (broad SMARTS) is 1. The molecule has 0 aliphatic heterocycles. The van der Waals surface area contributed by atoms with Crippen molar-refractivity contribution in [3.8, 4) is 0 Å². The molecule has 3 atom stereocenters. The van der Waals surface area contributed by atoms with Crippen molar-refractivity contribution in [3.05, 3.63) is 0 Å². The van der Waals surface area contributed by atoms with Gasteiger partial charge >= 0.3 is 12.0 Å². The first-order valence-corrected chi connectivity index (χ1v) is 5.00. The van der Waals surface area contributed by atoms with Crippen LogP contribution in [0.3, 0.4) is 0 Å². The molecular weight excluding hydrogens is 230 g/mol. The molecule has 0 aliphatic rings. The zero-order valence-electron chi connectivity index (χ0n) is 9.64. The summed E-state index contributed by atoms with van der Waals surface area (Å²) in [5.41, 5.74) is 4.92. The van der Waals surface area contributed by atoms with Crippen molar-refractivity contribution in [2.75, 3.05) is 0 Å². The van der Waals surface area contributed by atoms with Gasteiger partial charge in [-0.2, -0.15) is 0 Å². The summed E-state index contributed by atoms with van der Waals surface area (Å²) in [6.45, 7) is 2.79. The van der Waals surface area contributed by atoms with Crippen LogP contribution in [0.2, 0.25) is 0 Å². The highest BCUT2D eigenvalue weighted by Gasteiger charge is 2.25. The molecule has 0 saturated heterocycles. The maximum absolute atomic E-state index is 11.3. The average Bonchev–Trinajstić information content (AvgIpc) is 2.11. The second-order valence-corrected chi connectivity index (χ2v) is 3.75. The number of amides is 3. The van der Waals surface area contributed by atoms with Crippen LogP contribution in [0.1, 0.15) is 20.3 Å². The average molecular weight is 247 g/mol. The van der Waals surface area contributed by atoms with E-state index < -0.39 is 36.1 Å². The van der Waals surface area contributed by atoms with E-state index in [1.54, 1.807) is 6.92 Å². The van der Waals surface area contributed by atoms with Crippen molar-refractivity contribution >= 4 is 17.9 Å². The molecule has 0 aromatic carbocycles. The molecule has 3 amide bonds. The van der Waals surface area contributed by atoms with Gasteiger partial charge in [0.15, 0.2) is 6.04 Å². The van der Waals surface area contributed by atoms with E-state index in [1.165, 1.54) is 6.92 Å². The Balaban J connectivity index is 4.24. The summed E-state index contributed by atoms with van der Waals surface area (Å²) < 4.78 is 0. The third-order valence-corrected chi connectivity index (χ3v) is 1.92. The Kier molecular flexibility index (Phi) is 5.97. The Hall–Kier alpha value is -1.83. The van der Waals surface area contributed by atoms with Crippen molar-refractivity contribution in [2.45, 2.75) is 38.5 Å². The summed E-state index contributed by atoms with van der Waals surface area (Å²) in [5, 5.41) is 22.2. The number of primary amides is 1. The molecule has 0 radical (unpaired) electrons. The number of urea groups is 1. The number of carbonyl (C=O) groups excluding carboxylic acids is 2. The predicted molar refractivity (Wildman–Crippen MR) is 58.0 cm³/mol. The molecule has 0 heterocycles. The number of aliphatic hydroxyl groups excluding tert-OH is 1. The summed E-state index contributed by atoms with van der Waals surface area (Å²) >= 11 is 0. The lowest BCUT2D eigenvalue weighted by molar-refractivity contribution is -0.141. The van der Waals surface area contributed by atoms with Crippen molar-refractivity contribution in [1.82, 2.24) is 10.6 Å². The number of carbonyl (C=O) groups is 3. The van der Waals surface area contributed by atoms with Gasteiger partial charge < -0.3 is 26.6 Å². The fourth-order valence-corrected chi connectivity index (χ4v) is 1.15. The number of aliphatic hydroxyl groups is 1. The number of nitrogens with one attached hydrogen (secondary N) is 2. The van der Waals surface area contributed by atoms with Crippen LogP contribution >= 0.6 is 0 Å². The SMILES string of the molecule is CC(CC(N)=O)NC(=O)N[C@H](C(=O)O)[C@@H](C)O. The molecule has 8 nitrogen and oxygen atoms in total. The number of nitrogens with two attached hydrogens (primary N) is 1. The zero-order valence-corrected chi connectivity index (χ0v) is 9.64. The molecular formula is C9H17N3O5. The molecule has 0 rings (SSSR count). The Morgan fingerprint density at radius 3 is 2.12 bits per heavy atom. The molecule has 98 valence electrons. The highest BCUT2D eigenvalue weighted by atomic mass is 16.4. The van der Waals surface area contributed by atoms with E-state index in [1.807, 2.05) is 0 Å². The smallest absolute Gasteiger partial charge is 0.328 e. The number of rotatable bonds is 6. The maximum Gasteiger partial charge on any atom is 0.328 e. The van der Waals surface area contributed by atoms with E-state index >= 15 is 0 Å². The maximum atomic E-state index is 11.3. The Labute approximate surface area is 98.2 Å². The molecule has 0 aromatic rings. The highest BCUT2D eigenvalue weighted by Crippen LogP contribution is 1.94. The minimum atomic E-state index is -1.41. The van der Waals surface area contributed by atoms with Gasteiger partial charge in [-0.25, -0.2) is 9.59 Å². The van der Waals surface area contributed by atoms with Crippen LogP contribution in [0.25, 0.3) is 0 Å². The molecule has 8 heteroatoms. The minimum Gasteiger partial charge on any atom is -0.480 e. The number of hydrogen-bond acceptors (Lipinski definition) is 4. The largest absolute Gasteiger partial charge is 0.480 e. The minimum absolute atomic E-state index is 0.0557. The molecule has 0 saturated carbocycles. The van der Waals surface area contributed by atoms with Gasteiger partial charge in [0.2, 0.25) is 5.91 Å². The van der Waals surface area contributed by atoms with E-state index in [9.17, 15) is 14.4 Å². The molecule has 0 aliphatic carbocycles. The summed E-state index contributed by atoms with van der Waals surface area (Å²) in [4.78, 5) is 32.5. The normalized spacial score (nSPS) is 15.5. The van der Waals surface area contributed by atoms with Gasteiger partial charge in [-0.1, -0.05) is 0 Å². The quantitative estimate of drug-likeness (QED) is 0.383. The van der Waals surface area contributed by atoms with E-state index in [2.05, 4.69) is 10.6 Å². The van der Waals surface area contributed by atoms with E-state index in [0.717, 1.165) is 0 Å². The monoisotopic (exact) mass is 247 g/mol. The number of aliphatic carboxylic acids is 1. The highest BCUT2D eigenvalue weighted by molar-refractivity contribution is 5.83. The van der Waals surface area contributed by atoms with Crippen LogP contribution in [0.4, 0.5) is 4.79 Å². The lowest BCUT2D eigenvalue weighted by Crippen LogP contribution is -2.53. The van der Waals surface area contributed by atoms with Gasteiger partial charge in [0.05, 0.1) is 6.10 Å². The van der Waals surface area contributed by atoms with E-state index in [4.69, 9.17) is 15.9 Å². The summed E-state index contributed by atoms with van der Waals surface area (Å²) in [5.74, 6) is -1.93. The standard InChI is InChI=1S/C9H17N3O5/c1-4(3-6(10)14)11-9(17)12-7(5(2)13)8(15)16/h4-5,7,13H,3H2,1-2H3,(H2,10,14)(H,15,16)(H2,11,12,17)/t4?,5-,7+/m1/s1. The Morgan fingerprint density at radius 1 is 1.24 bits per heavy atom. The van der Waals surface area contributed by atoms with Gasteiger partial charge in [-0.15, -0.1) is 0 Å². The van der Waals surface area contributed by atoms with Crippen LogP contribution in [0.15, 0.2) is 0 Å². The van der Waals surface area contributed by atoms with Crippen molar-refractivity contribution in [3.63, 3.8) is 0 Å². The molecule has 17 heavy (non-hydrogen) atoms. The second-order valence-electron chi connectivity index (χ2n) is 3.75. The third-order valence-electron chi connectivity index (χ3n) is 1.92. The van der Waals surface area contributed by atoms with Crippen molar-refractivity contribution in [1.29, 1.82) is 0 Å². The van der Waals surface area contributed by atoms with Gasteiger partial charge in [0.1, 0.15) is 0 Å². The van der Waals surface area contributed by atoms with Gasteiger partial charge in [0.25, 0.3) is 0 Å². The molecule has 6 N–H and O–H groups in total. The van der Waals surface area contributed by atoms with Crippen LogP contribution in [0, 0.1) is 0 Å². The molecule has 0 spiro atoms. The zero-order chi connectivity index (χ0) is 13.6. The van der Waals surface area contributed by atoms with Crippen LogP contribution in [-0.4, -0.2) is 46.3 Å². The number of carboxylic acids is 1. The van der Waals surface area contributed by atoms with Crippen molar-refractivity contribution < 1.29 is 24.6 Å². The van der Waals surface area contributed by atoms with Gasteiger partial charge in [0, 0.05) is 12.5 Å². The van der Waals surface area contributed by atoms with Crippen LogP contribution in [-0.2, 0) is 9.59 Å². The first kappa shape index (κ1) is 15.2. The van der Waals surface area contributed by atoms with E-state index in [0.29, 0.717) is 0 Å². The molecule has 0 aromatic heterocycles. The molecule has 0 fully saturated rings. The van der Waals surface area contributed by atoms with E-state index in [-0.39, 0.29) is 6.42 Å². The number of hydrogen-bond donors (Lipinski definition) is 5. The lowest BCUT2D eigenvalue weighted by Gasteiger charge is -2.19. The van der Waals surface area contributed by atoms with Gasteiger partial charge in [-0.05, 0) is 13.8 Å². The summed E-state index contributed by atoms with van der Waals surface area (Å²) in [7, 11) is 0.